The summed E-state index contributed by atoms with van der Waals surface area (Å²) in [5, 5.41) is 3.36. The number of methoxy groups -OCH3 is 1. The van der Waals surface area contributed by atoms with Gasteiger partial charge in [0.1, 0.15) is 12.0 Å². The number of halogens is 5. The lowest BCUT2D eigenvalue weighted by Gasteiger charge is -2.32. The van der Waals surface area contributed by atoms with E-state index in [0.717, 1.165) is 33.0 Å². The van der Waals surface area contributed by atoms with Crippen LogP contribution in [0.5, 0.6) is 11.5 Å². The molecule has 0 spiro atoms. The van der Waals surface area contributed by atoms with E-state index in [1.807, 2.05) is 0 Å². The topological polar surface area (TPSA) is 72.0 Å². The number of piperidine rings is 1. The van der Waals surface area contributed by atoms with Crippen LogP contribution in [-0.2, 0) is 4.74 Å². The third-order valence-electron chi connectivity index (χ3n) is 7.03. The lowest BCUT2D eigenvalue weighted by Crippen LogP contribution is -2.40. The first-order chi connectivity index (χ1) is 18.4. The predicted octanol–water partition coefficient (Wildman–Crippen LogP) is 5.46. The molecule has 1 aromatic carbocycles. The Balaban J connectivity index is 1.60. The molecule has 2 aliphatic rings. The monoisotopic (exact) mass is 561 g/mol. The van der Waals surface area contributed by atoms with Gasteiger partial charge in [0.05, 0.1) is 19.2 Å². The number of ether oxygens (including phenoxy) is 3. The maximum absolute atomic E-state index is 13.8. The van der Waals surface area contributed by atoms with Crippen molar-refractivity contribution in [2.75, 3.05) is 56.7 Å². The maximum atomic E-state index is 13.8. The fourth-order valence-corrected chi connectivity index (χ4v) is 4.77. The fourth-order valence-electron chi connectivity index (χ4n) is 4.77. The van der Waals surface area contributed by atoms with Crippen molar-refractivity contribution in [2.24, 2.45) is 0 Å². The molecule has 0 bridgehead atoms. The quantitative estimate of drug-likeness (QED) is 0.220. The number of aromatic nitrogens is 2. The molecular weight excluding hydrogens is 525 g/mol. The first kappa shape index (κ1) is 29.3. The van der Waals surface area contributed by atoms with E-state index in [9.17, 15) is 22.0 Å². The van der Waals surface area contributed by atoms with E-state index in [-0.39, 0.29) is 37.7 Å². The summed E-state index contributed by atoms with van der Waals surface area (Å²) in [5.74, 6) is -1.48. The average molecular weight is 562 g/mol. The molecule has 0 amide bonds. The van der Waals surface area contributed by atoms with Gasteiger partial charge in [-0.3, -0.25) is 0 Å². The molecule has 2 atom stereocenters. The number of nitrogens with zero attached hydrogens (tertiary/aromatic N) is 4. The molecule has 0 radical (unpaired) electrons. The van der Waals surface area contributed by atoms with Crippen molar-refractivity contribution < 1.29 is 36.2 Å². The van der Waals surface area contributed by atoms with Crippen molar-refractivity contribution in [2.45, 2.75) is 70.4 Å². The Morgan fingerprint density at radius 3 is 2.36 bits per heavy atom. The summed E-state index contributed by atoms with van der Waals surface area (Å²) in [4.78, 5) is 13.1. The van der Waals surface area contributed by atoms with E-state index in [2.05, 4.69) is 20.2 Å². The van der Waals surface area contributed by atoms with Crippen molar-refractivity contribution in [1.82, 2.24) is 14.9 Å². The molecule has 8 nitrogen and oxygen atoms in total. The van der Waals surface area contributed by atoms with Gasteiger partial charge < -0.3 is 29.3 Å². The van der Waals surface area contributed by atoms with E-state index in [4.69, 9.17) is 14.2 Å². The number of likely N-dealkylation sites (tertiary alicyclic amines) is 1. The fraction of sp³-hybridized carbons (Fsp3) is 0.692. The van der Waals surface area contributed by atoms with Gasteiger partial charge in [-0.25, -0.2) is 13.8 Å². The normalized spacial score (nSPS) is 19.7. The first-order valence-corrected chi connectivity index (χ1v) is 13.3. The van der Waals surface area contributed by atoms with E-state index in [0.29, 0.717) is 29.0 Å². The summed E-state index contributed by atoms with van der Waals surface area (Å²) in [5.41, 5.74) is 0.436. The number of alkyl halides is 5. The van der Waals surface area contributed by atoms with Gasteiger partial charge in [0.2, 0.25) is 5.95 Å². The Hall–Kier alpha value is -2.67. The van der Waals surface area contributed by atoms with Gasteiger partial charge in [-0.2, -0.15) is 18.2 Å². The maximum Gasteiger partial charge on any atom is 0.414 e. The number of anilines is 2. The summed E-state index contributed by atoms with van der Waals surface area (Å²) >= 11 is 0. The summed E-state index contributed by atoms with van der Waals surface area (Å²) < 4.78 is 83.4. The van der Waals surface area contributed by atoms with E-state index in [1.54, 1.807) is 17.0 Å². The largest absolute Gasteiger partial charge is 0.493 e. The van der Waals surface area contributed by atoms with Crippen LogP contribution in [0.4, 0.5) is 33.7 Å². The van der Waals surface area contributed by atoms with Crippen LogP contribution < -0.4 is 19.7 Å². The minimum absolute atomic E-state index is 0.0467. The predicted molar refractivity (Wildman–Crippen MR) is 138 cm³/mol. The van der Waals surface area contributed by atoms with Crippen LogP contribution in [0, 0.1) is 0 Å². The van der Waals surface area contributed by atoms with Crippen LogP contribution in [0.2, 0.25) is 0 Å². The highest BCUT2D eigenvalue weighted by Crippen LogP contribution is 2.37. The van der Waals surface area contributed by atoms with Crippen molar-refractivity contribution in [3.63, 3.8) is 0 Å². The van der Waals surface area contributed by atoms with Gasteiger partial charge in [-0.05, 0) is 52.3 Å². The molecule has 13 heteroatoms. The molecule has 2 aromatic rings. The summed E-state index contributed by atoms with van der Waals surface area (Å²) in [6, 6.07) is 3.34. The minimum atomic E-state index is -4.53. The number of benzene rings is 1. The molecule has 2 aliphatic heterocycles. The molecule has 39 heavy (non-hydrogen) atoms. The SMILES string of the molecule is COc1cc2c(NC(C)OC(C)C(F)(F)F)nc(N3CCC(F)(F)CC3)nc2cc1OCCCN1CCCC1. The van der Waals surface area contributed by atoms with Crippen molar-refractivity contribution >= 4 is 22.7 Å². The lowest BCUT2D eigenvalue weighted by atomic mass is 10.1. The Labute approximate surface area is 224 Å². The van der Waals surface area contributed by atoms with E-state index >= 15 is 0 Å². The number of hydrogen-bond donors (Lipinski definition) is 1. The Morgan fingerprint density at radius 1 is 1.03 bits per heavy atom. The van der Waals surface area contributed by atoms with Crippen LogP contribution in [0.1, 0.15) is 46.0 Å². The Morgan fingerprint density at radius 2 is 1.72 bits per heavy atom. The zero-order valence-electron chi connectivity index (χ0n) is 22.5. The number of rotatable bonds is 11. The van der Waals surface area contributed by atoms with Crippen LogP contribution in [0.25, 0.3) is 10.9 Å². The molecule has 4 rings (SSSR count). The molecule has 218 valence electrons. The third kappa shape index (κ3) is 7.71. The van der Waals surface area contributed by atoms with Gasteiger partial charge in [0, 0.05) is 43.9 Å². The number of nitrogens with one attached hydrogen (secondary N) is 1. The number of hydrogen-bond acceptors (Lipinski definition) is 8. The second kappa shape index (κ2) is 12.2. The third-order valence-corrected chi connectivity index (χ3v) is 7.03. The van der Waals surface area contributed by atoms with Crippen LogP contribution in [0.15, 0.2) is 12.1 Å². The minimum Gasteiger partial charge on any atom is -0.493 e. The van der Waals surface area contributed by atoms with Gasteiger partial charge in [0.25, 0.3) is 5.92 Å². The van der Waals surface area contributed by atoms with Gasteiger partial charge in [-0.1, -0.05) is 0 Å². The van der Waals surface area contributed by atoms with Gasteiger partial charge in [-0.15, -0.1) is 0 Å². The summed E-state index contributed by atoms with van der Waals surface area (Å²) in [6.45, 7) is 6.05. The van der Waals surface area contributed by atoms with Gasteiger partial charge >= 0.3 is 6.18 Å². The molecular formula is C26H36F5N5O3. The van der Waals surface area contributed by atoms with Crippen molar-refractivity contribution in [1.29, 1.82) is 0 Å². The zero-order valence-corrected chi connectivity index (χ0v) is 22.5. The molecule has 0 saturated carbocycles. The van der Waals surface area contributed by atoms with Crippen LogP contribution >= 0.6 is 0 Å². The summed E-state index contributed by atoms with van der Waals surface area (Å²) in [6.07, 6.45) is -5.02. The highest BCUT2D eigenvalue weighted by atomic mass is 19.4. The summed E-state index contributed by atoms with van der Waals surface area (Å²) in [7, 11) is 1.49. The zero-order chi connectivity index (χ0) is 28.2. The number of fused-ring (bicyclic) bond motifs is 1. The first-order valence-electron chi connectivity index (χ1n) is 13.3. The average Bonchev–Trinajstić information content (AvgIpc) is 3.39. The van der Waals surface area contributed by atoms with Crippen LogP contribution in [0.3, 0.4) is 0 Å². The molecule has 2 fully saturated rings. The van der Waals surface area contributed by atoms with Gasteiger partial charge in [0.15, 0.2) is 17.6 Å². The molecule has 1 N–H and O–H groups in total. The second-order valence-electron chi connectivity index (χ2n) is 10.1. The molecule has 0 aliphatic carbocycles. The molecule has 2 saturated heterocycles. The standard InChI is InChI=1S/C26H36F5N5O3/c1-17(26(29,30)31)39-18(2)32-23-19-15-21(37-3)22(38-14-6-11-35-9-4-5-10-35)16-20(19)33-24(34-23)36-12-7-25(27,28)8-13-36/h15-18H,4-14H2,1-3H3,(H,32,33,34). The molecule has 3 heterocycles. The second-order valence-corrected chi connectivity index (χ2v) is 10.1. The molecule has 1 aromatic heterocycles. The smallest absolute Gasteiger partial charge is 0.414 e. The Bertz CT molecular complexity index is 1100. The highest BCUT2D eigenvalue weighted by molar-refractivity contribution is 5.92. The Kier molecular flexibility index (Phi) is 9.20. The molecule has 2 unspecified atom stereocenters. The van der Waals surface area contributed by atoms with Crippen LogP contribution in [-0.4, -0.2) is 85.7 Å². The highest BCUT2D eigenvalue weighted by Gasteiger charge is 2.38. The van der Waals surface area contributed by atoms with E-state index in [1.165, 1.54) is 26.9 Å². The lowest BCUT2D eigenvalue weighted by molar-refractivity contribution is -0.222. The van der Waals surface area contributed by atoms with E-state index < -0.39 is 24.4 Å². The van der Waals surface area contributed by atoms with Crippen molar-refractivity contribution in [3.8, 4) is 11.5 Å². The van der Waals surface area contributed by atoms with Crippen molar-refractivity contribution in [3.05, 3.63) is 12.1 Å².